The molecule has 0 radical (unpaired) electrons. The van der Waals surface area contributed by atoms with Crippen molar-refractivity contribution in [3.8, 4) is 5.75 Å². The predicted molar refractivity (Wildman–Crippen MR) is 84.6 cm³/mol. The lowest BCUT2D eigenvalue weighted by Gasteiger charge is -2.20. The van der Waals surface area contributed by atoms with E-state index in [0.717, 1.165) is 21.1 Å². The Kier molecular flexibility index (Phi) is 3.27. The highest BCUT2D eigenvalue weighted by Gasteiger charge is 2.17. The summed E-state index contributed by atoms with van der Waals surface area (Å²) in [5.74, 6) is 0.268. The lowest BCUT2D eigenvalue weighted by molar-refractivity contribution is 0.475. The summed E-state index contributed by atoms with van der Waals surface area (Å²) in [6.07, 6.45) is 2.02. The van der Waals surface area contributed by atoms with Gasteiger partial charge in [0.1, 0.15) is 10.7 Å². The molecule has 2 aromatic carbocycles. The first kappa shape index (κ1) is 12.3. The first-order valence-corrected chi connectivity index (χ1v) is 7.04. The Balaban J connectivity index is 1.94. The Bertz CT molecular complexity index is 662. The molecule has 0 spiro atoms. The third kappa shape index (κ3) is 2.64. The SMILES string of the molecule is Oc1ccc(/C=C2\Sc3ccccc3NC2=S)cc1. The molecule has 0 saturated heterocycles. The summed E-state index contributed by atoms with van der Waals surface area (Å²) < 4.78 is 0. The number of anilines is 1. The van der Waals surface area contributed by atoms with Crippen LogP contribution in [0.15, 0.2) is 58.3 Å². The van der Waals surface area contributed by atoms with Gasteiger partial charge in [0.15, 0.2) is 0 Å². The van der Waals surface area contributed by atoms with Crippen LogP contribution in [-0.2, 0) is 0 Å². The van der Waals surface area contributed by atoms with E-state index in [0.29, 0.717) is 0 Å². The molecule has 0 aromatic heterocycles. The molecular weight excluding hydrogens is 274 g/mol. The van der Waals surface area contributed by atoms with Gasteiger partial charge < -0.3 is 10.4 Å². The van der Waals surface area contributed by atoms with Gasteiger partial charge in [-0.15, -0.1) is 0 Å². The molecule has 1 aliphatic rings. The molecule has 0 amide bonds. The molecule has 0 fully saturated rings. The van der Waals surface area contributed by atoms with Crippen molar-refractivity contribution < 1.29 is 5.11 Å². The minimum atomic E-state index is 0.268. The fourth-order valence-corrected chi connectivity index (χ4v) is 3.07. The summed E-state index contributed by atoms with van der Waals surface area (Å²) >= 11 is 7.04. The Morgan fingerprint density at radius 3 is 2.58 bits per heavy atom. The maximum Gasteiger partial charge on any atom is 0.117 e. The molecule has 0 unspecified atom stereocenters. The van der Waals surface area contributed by atoms with Crippen molar-refractivity contribution in [2.24, 2.45) is 0 Å². The number of phenols is 1. The van der Waals surface area contributed by atoms with Crippen molar-refractivity contribution in [3.63, 3.8) is 0 Å². The number of para-hydroxylation sites is 1. The van der Waals surface area contributed by atoms with Crippen LogP contribution >= 0.6 is 24.0 Å². The molecule has 3 rings (SSSR count). The second-order valence-corrected chi connectivity index (χ2v) is 5.64. The van der Waals surface area contributed by atoms with E-state index in [4.69, 9.17) is 12.2 Å². The van der Waals surface area contributed by atoms with Crippen LogP contribution in [0.1, 0.15) is 5.56 Å². The topological polar surface area (TPSA) is 32.3 Å². The van der Waals surface area contributed by atoms with Crippen LogP contribution in [0.25, 0.3) is 6.08 Å². The monoisotopic (exact) mass is 285 g/mol. The highest BCUT2D eigenvalue weighted by Crippen LogP contribution is 2.39. The molecule has 0 aliphatic carbocycles. The molecule has 94 valence electrons. The van der Waals surface area contributed by atoms with Crippen molar-refractivity contribution in [1.82, 2.24) is 0 Å². The third-order valence-corrected chi connectivity index (χ3v) is 4.34. The quantitative estimate of drug-likeness (QED) is 0.605. The van der Waals surface area contributed by atoms with Crippen molar-refractivity contribution in [1.29, 1.82) is 0 Å². The smallest absolute Gasteiger partial charge is 0.117 e. The van der Waals surface area contributed by atoms with E-state index < -0.39 is 0 Å². The third-order valence-electron chi connectivity index (χ3n) is 2.77. The molecule has 1 heterocycles. The van der Waals surface area contributed by atoms with Crippen molar-refractivity contribution in [3.05, 3.63) is 59.0 Å². The first-order chi connectivity index (χ1) is 9.22. The average Bonchev–Trinajstić information content (AvgIpc) is 2.42. The summed E-state index contributed by atoms with van der Waals surface area (Å²) in [6.45, 7) is 0. The molecule has 0 atom stereocenters. The maximum absolute atomic E-state index is 9.28. The van der Waals surface area contributed by atoms with Crippen LogP contribution in [0.3, 0.4) is 0 Å². The Labute approximate surface area is 121 Å². The van der Waals surface area contributed by atoms with E-state index in [-0.39, 0.29) is 5.75 Å². The summed E-state index contributed by atoms with van der Waals surface area (Å²) in [7, 11) is 0. The average molecular weight is 285 g/mol. The zero-order valence-electron chi connectivity index (χ0n) is 9.96. The minimum absolute atomic E-state index is 0.268. The molecule has 0 saturated carbocycles. The van der Waals surface area contributed by atoms with Gasteiger partial charge in [0.2, 0.25) is 0 Å². The van der Waals surface area contributed by atoms with Gasteiger partial charge in [-0.05, 0) is 35.9 Å². The zero-order chi connectivity index (χ0) is 13.2. The van der Waals surface area contributed by atoms with Crippen LogP contribution in [0.2, 0.25) is 0 Å². The van der Waals surface area contributed by atoms with Crippen molar-refractivity contribution >= 4 is 40.7 Å². The lowest BCUT2D eigenvalue weighted by atomic mass is 10.2. The number of thiocarbonyl (C=S) groups is 1. The maximum atomic E-state index is 9.28. The number of nitrogens with one attached hydrogen (secondary N) is 1. The van der Waals surface area contributed by atoms with E-state index in [1.807, 2.05) is 36.4 Å². The normalized spacial score (nSPS) is 16.0. The van der Waals surface area contributed by atoms with Crippen LogP contribution in [0.4, 0.5) is 5.69 Å². The van der Waals surface area contributed by atoms with Gasteiger partial charge >= 0.3 is 0 Å². The summed E-state index contributed by atoms with van der Waals surface area (Å²) in [6, 6.07) is 15.2. The number of benzene rings is 2. The molecule has 1 aliphatic heterocycles. The molecule has 2 N–H and O–H groups in total. The molecule has 2 nitrogen and oxygen atoms in total. The van der Waals surface area contributed by atoms with Gasteiger partial charge in [-0.3, -0.25) is 0 Å². The molecule has 0 bridgehead atoms. The number of phenolic OH excluding ortho intramolecular Hbond substituents is 1. The van der Waals surface area contributed by atoms with Crippen molar-refractivity contribution in [2.45, 2.75) is 4.90 Å². The second-order valence-electron chi connectivity index (χ2n) is 4.15. The fraction of sp³-hybridized carbons (Fsp3) is 0. The largest absolute Gasteiger partial charge is 0.508 e. The molecule has 4 heteroatoms. The van der Waals surface area contributed by atoms with E-state index >= 15 is 0 Å². The van der Waals surface area contributed by atoms with E-state index in [2.05, 4.69) is 11.4 Å². The van der Waals surface area contributed by atoms with E-state index in [1.54, 1.807) is 23.9 Å². The minimum Gasteiger partial charge on any atom is -0.508 e. The van der Waals surface area contributed by atoms with Gasteiger partial charge in [-0.1, -0.05) is 48.2 Å². The highest BCUT2D eigenvalue weighted by molar-refractivity contribution is 8.05. The van der Waals surface area contributed by atoms with Gasteiger partial charge in [0.25, 0.3) is 0 Å². The Hall–Kier alpha value is -1.78. The Morgan fingerprint density at radius 2 is 1.79 bits per heavy atom. The second kappa shape index (κ2) is 5.07. The Morgan fingerprint density at radius 1 is 1.05 bits per heavy atom. The number of thioether (sulfide) groups is 1. The summed E-state index contributed by atoms with van der Waals surface area (Å²) in [5, 5.41) is 12.5. The van der Waals surface area contributed by atoms with E-state index in [1.165, 1.54) is 4.90 Å². The van der Waals surface area contributed by atoms with E-state index in [9.17, 15) is 5.11 Å². The van der Waals surface area contributed by atoms with Crippen LogP contribution in [0.5, 0.6) is 5.75 Å². The molecule has 19 heavy (non-hydrogen) atoms. The standard InChI is InChI=1S/C15H11NOS2/c17-11-7-5-10(6-8-11)9-14-15(18)16-12-3-1-2-4-13(12)19-14/h1-9,17H,(H,16,18)/b14-9-. The number of hydrogen-bond donors (Lipinski definition) is 2. The predicted octanol–water partition coefficient (Wildman–Crippen LogP) is 4.28. The molecular formula is C15H11NOS2. The lowest BCUT2D eigenvalue weighted by Crippen LogP contribution is -2.14. The van der Waals surface area contributed by atoms with Crippen molar-refractivity contribution in [2.75, 3.05) is 5.32 Å². The van der Waals surface area contributed by atoms with Crippen LogP contribution in [0, 0.1) is 0 Å². The molecule has 2 aromatic rings. The summed E-state index contributed by atoms with van der Waals surface area (Å²) in [4.78, 5) is 2.91. The number of fused-ring (bicyclic) bond motifs is 1. The summed E-state index contributed by atoms with van der Waals surface area (Å²) in [5.41, 5.74) is 2.07. The number of aromatic hydroxyl groups is 1. The van der Waals surface area contributed by atoms with Gasteiger partial charge in [-0.2, -0.15) is 0 Å². The fourth-order valence-electron chi connectivity index (χ4n) is 1.82. The van der Waals surface area contributed by atoms with Crippen LogP contribution in [-0.4, -0.2) is 10.1 Å². The number of rotatable bonds is 1. The van der Waals surface area contributed by atoms with Crippen LogP contribution < -0.4 is 5.32 Å². The first-order valence-electron chi connectivity index (χ1n) is 5.81. The van der Waals surface area contributed by atoms with Gasteiger partial charge in [0.05, 0.1) is 5.69 Å². The van der Waals surface area contributed by atoms with Gasteiger partial charge in [0, 0.05) is 9.80 Å². The number of hydrogen-bond acceptors (Lipinski definition) is 3. The van der Waals surface area contributed by atoms with Gasteiger partial charge in [-0.25, -0.2) is 0 Å². The zero-order valence-corrected chi connectivity index (χ0v) is 11.6. The highest BCUT2D eigenvalue weighted by atomic mass is 32.2.